The van der Waals surface area contributed by atoms with Crippen molar-refractivity contribution in [1.29, 1.82) is 0 Å². The molecule has 2 fully saturated rings. The lowest BCUT2D eigenvalue weighted by Gasteiger charge is -2.23. The number of quaternary nitrogens is 1. The van der Waals surface area contributed by atoms with Gasteiger partial charge in [0.2, 0.25) is 0 Å². The molecular formula is C32H36N3O2+. The van der Waals surface area contributed by atoms with Crippen LogP contribution in [0.2, 0.25) is 0 Å². The van der Waals surface area contributed by atoms with E-state index in [1.54, 1.807) is 0 Å². The topological polar surface area (TPSA) is 66.7 Å². The highest BCUT2D eigenvalue weighted by molar-refractivity contribution is 6.09. The zero-order chi connectivity index (χ0) is 25.6. The summed E-state index contributed by atoms with van der Waals surface area (Å²) in [6, 6.07) is 29.0. The van der Waals surface area contributed by atoms with Crippen molar-refractivity contribution in [2.24, 2.45) is 5.92 Å². The smallest absolute Gasteiger partial charge is 0.253 e. The molecular weight excluding hydrogens is 458 g/mol. The van der Waals surface area contributed by atoms with Crippen molar-refractivity contribution >= 4 is 16.8 Å². The predicted octanol–water partition coefficient (Wildman–Crippen LogP) is 4.57. The minimum atomic E-state index is 0.0233. The summed E-state index contributed by atoms with van der Waals surface area (Å²) >= 11 is 0. The zero-order valence-electron chi connectivity index (χ0n) is 21.5. The zero-order valence-corrected chi connectivity index (χ0v) is 21.5. The number of amides is 1. The molecule has 3 aromatic carbocycles. The molecule has 37 heavy (non-hydrogen) atoms. The molecule has 1 aliphatic carbocycles. The van der Waals surface area contributed by atoms with Crippen LogP contribution in [0.15, 0.2) is 84.9 Å². The van der Waals surface area contributed by atoms with E-state index < -0.39 is 0 Å². The number of likely N-dealkylation sites (tertiary alicyclic amines) is 1. The Kier molecular flexibility index (Phi) is 7.93. The van der Waals surface area contributed by atoms with Crippen molar-refractivity contribution in [3.05, 3.63) is 102 Å². The Hall–Kier alpha value is -3.54. The van der Waals surface area contributed by atoms with Crippen LogP contribution in [0.3, 0.4) is 0 Å². The predicted molar refractivity (Wildman–Crippen MR) is 148 cm³/mol. The maximum absolute atomic E-state index is 14.2. The van der Waals surface area contributed by atoms with Crippen molar-refractivity contribution in [2.45, 2.75) is 38.3 Å². The summed E-state index contributed by atoms with van der Waals surface area (Å²) in [6.07, 6.45) is 4.82. The summed E-state index contributed by atoms with van der Waals surface area (Å²) in [5.41, 5.74) is 5.96. The lowest BCUT2D eigenvalue weighted by molar-refractivity contribution is -0.901. The highest BCUT2D eigenvalue weighted by Gasteiger charge is 2.35. The number of aromatic nitrogens is 1. The van der Waals surface area contributed by atoms with E-state index in [9.17, 15) is 4.79 Å². The number of hydrogen-bond acceptors (Lipinski definition) is 3. The van der Waals surface area contributed by atoms with Crippen molar-refractivity contribution < 1.29 is 14.8 Å². The van der Waals surface area contributed by atoms with Crippen molar-refractivity contribution in [2.75, 3.05) is 20.2 Å². The average molecular weight is 495 g/mol. The number of carbonyl (C=O) groups excluding carboxylic acids is 1. The van der Waals surface area contributed by atoms with E-state index in [-0.39, 0.29) is 11.9 Å². The third-order valence-corrected chi connectivity index (χ3v) is 7.54. The van der Waals surface area contributed by atoms with E-state index in [0.717, 1.165) is 72.9 Å². The number of rotatable bonds is 7. The summed E-state index contributed by atoms with van der Waals surface area (Å²) in [4.78, 5) is 20.9. The van der Waals surface area contributed by atoms with Gasteiger partial charge in [-0.05, 0) is 30.4 Å². The third kappa shape index (κ3) is 5.58. The number of para-hydroxylation sites is 1. The molecule has 3 N–H and O–H groups in total. The van der Waals surface area contributed by atoms with Crippen LogP contribution in [-0.2, 0) is 6.54 Å². The lowest BCUT2D eigenvalue weighted by Crippen LogP contribution is -3.08. The Labute approximate surface area is 219 Å². The van der Waals surface area contributed by atoms with Gasteiger partial charge in [0.05, 0.1) is 35.9 Å². The monoisotopic (exact) mass is 494 g/mol. The van der Waals surface area contributed by atoms with Gasteiger partial charge in [-0.3, -0.25) is 4.79 Å². The lowest BCUT2D eigenvalue weighted by atomic mass is 9.94. The molecule has 4 aromatic rings. The fourth-order valence-electron chi connectivity index (χ4n) is 5.60. The normalized spacial score (nSPS) is 16.2. The third-order valence-electron chi connectivity index (χ3n) is 7.54. The maximum atomic E-state index is 14.2. The van der Waals surface area contributed by atoms with Gasteiger partial charge in [-0.15, -0.1) is 0 Å². The number of carbonyl (C=O) groups is 1. The fourth-order valence-corrected chi connectivity index (χ4v) is 5.60. The second-order valence-electron chi connectivity index (χ2n) is 10.0. The molecule has 1 aliphatic heterocycles. The quantitative estimate of drug-likeness (QED) is 0.353. The molecule has 1 amide bonds. The molecule has 0 spiro atoms. The molecule has 5 heteroatoms. The van der Waals surface area contributed by atoms with Crippen molar-refractivity contribution in [1.82, 2.24) is 10.3 Å². The van der Waals surface area contributed by atoms with Crippen LogP contribution in [0.5, 0.6) is 0 Å². The minimum absolute atomic E-state index is 0.0233. The molecule has 2 heterocycles. The summed E-state index contributed by atoms with van der Waals surface area (Å²) in [6.45, 7) is 3.12. The molecule has 0 bridgehead atoms. The van der Waals surface area contributed by atoms with Gasteiger partial charge in [0, 0.05) is 36.5 Å². The molecule has 1 unspecified atom stereocenters. The van der Waals surface area contributed by atoms with Gasteiger partial charge in [0.1, 0.15) is 6.54 Å². The molecule has 1 saturated heterocycles. The molecule has 1 saturated carbocycles. The first-order valence-corrected chi connectivity index (χ1v) is 13.4. The number of hydrogen-bond donors (Lipinski definition) is 3. The van der Waals surface area contributed by atoms with Crippen LogP contribution in [-0.4, -0.2) is 36.2 Å². The van der Waals surface area contributed by atoms with Crippen LogP contribution >= 0.6 is 0 Å². The Morgan fingerprint density at radius 2 is 1.54 bits per heavy atom. The van der Waals surface area contributed by atoms with Crippen LogP contribution < -0.4 is 10.2 Å². The molecule has 1 atom stereocenters. The van der Waals surface area contributed by atoms with Crippen molar-refractivity contribution in [3.8, 4) is 11.3 Å². The standard InChI is InChI=1S/C31H31N3O.CH4O/c35-31(33-29(24-17-18-24)22-11-3-1-4-12-22)28-25-15-7-8-16-27(25)32-30(23-13-5-2-6-14-23)26(28)21-34-19-9-10-20-34;1-2/h1-8,11-16,24,29H,9-10,17-21H2,(H,33,35);2H,1H3/p+1. The number of pyridine rings is 1. The summed E-state index contributed by atoms with van der Waals surface area (Å²) in [5, 5.41) is 11.4. The number of fused-ring (bicyclic) bond motifs is 1. The van der Waals surface area contributed by atoms with Gasteiger partial charge in [0.15, 0.2) is 0 Å². The maximum Gasteiger partial charge on any atom is 0.253 e. The van der Waals surface area contributed by atoms with E-state index in [0.29, 0.717) is 5.92 Å². The van der Waals surface area contributed by atoms with E-state index in [4.69, 9.17) is 10.1 Å². The Morgan fingerprint density at radius 3 is 2.22 bits per heavy atom. The molecule has 0 radical (unpaired) electrons. The Bertz CT molecular complexity index is 1330. The van der Waals surface area contributed by atoms with Gasteiger partial charge >= 0.3 is 0 Å². The minimum Gasteiger partial charge on any atom is -0.400 e. The summed E-state index contributed by atoms with van der Waals surface area (Å²) < 4.78 is 0. The number of aliphatic hydroxyl groups excluding tert-OH is 1. The van der Waals surface area contributed by atoms with Gasteiger partial charge in [-0.1, -0.05) is 78.9 Å². The van der Waals surface area contributed by atoms with Gasteiger partial charge in [-0.2, -0.15) is 0 Å². The van der Waals surface area contributed by atoms with Gasteiger partial charge in [-0.25, -0.2) is 4.98 Å². The molecule has 6 rings (SSSR count). The number of nitrogens with one attached hydrogen (secondary N) is 2. The summed E-state index contributed by atoms with van der Waals surface area (Å²) in [7, 11) is 1.00. The molecule has 5 nitrogen and oxygen atoms in total. The molecule has 2 aliphatic rings. The largest absolute Gasteiger partial charge is 0.400 e. The van der Waals surface area contributed by atoms with Crippen LogP contribution in [0.1, 0.15) is 53.2 Å². The number of benzene rings is 3. The van der Waals surface area contributed by atoms with Gasteiger partial charge < -0.3 is 15.3 Å². The first-order chi connectivity index (χ1) is 18.3. The average Bonchev–Trinajstić information content (AvgIpc) is 3.68. The van der Waals surface area contributed by atoms with Crippen LogP contribution in [0.4, 0.5) is 0 Å². The van der Waals surface area contributed by atoms with E-state index >= 15 is 0 Å². The second kappa shape index (κ2) is 11.7. The first kappa shape index (κ1) is 25.1. The molecule has 1 aromatic heterocycles. The first-order valence-electron chi connectivity index (χ1n) is 13.4. The van der Waals surface area contributed by atoms with Crippen LogP contribution in [0, 0.1) is 5.92 Å². The Morgan fingerprint density at radius 1 is 0.919 bits per heavy atom. The Balaban J connectivity index is 0.00000137. The van der Waals surface area contributed by atoms with Gasteiger partial charge in [0.25, 0.3) is 5.91 Å². The summed E-state index contributed by atoms with van der Waals surface area (Å²) in [5.74, 6) is 0.533. The highest BCUT2D eigenvalue weighted by Crippen LogP contribution is 2.41. The fraction of sp³-hybridized carbons (Fsp3) is 0.312. The van der Waals surface area contributed by atoms with Crippen molar-refractivity contribution in [3.63, 3.8) is 0 Å². The number of nitrogens with zero attached hydrogens (tertiary/aromatic N) is 1. The highest BCUT2D eigenvalue weighted by atomic mass is 16.2. The SMILES string of the molecule is CO.O=C(NC(c1ccccc1)C1CC1)c1c(C[NH+]2CCCC2)c(-c2ccccc2)nc2ccccc12. The van der Waals surface area contributed by atoms with E-state index in [1.807, 2.05) is 30.3 Å². The molecule has 190 valence electrons. The van der Waals surface area contributed by atoms with Crippen LogP contribution in [0.25, 0.3) is 22.2 Å². The van der Waals surface area contributed by atoms with E-state index in [2.05, 4.69) is 59.9 Å². The second-order valence-corrected chi connectivity index (χ2v) is 10.0. The van der Waals surface area contributed by atoms with E-state index in [1.165, 1.54) is 23.3 Å². The number of aliphatic hydroxyl groups is 1.